The van der Waals surface area contributed by atoms with Gasteiger partial charge in [-0.2, -0.15) is 0 Å². The van der Waals surface area contributed by atoms with Crippen LogP contribution < -0.4 is 10.2 Å². The Bertz CT molecular complexity index is 994. The molecule has 0 saturated carbocycles. The third-order valence-corrected chi connectivity index (χ3v) is 6.09. The summed E-state index contributed by atoms with van der Waals surface area (Å²) in [5, 5.41) is 14.4. The zero-order valence-electron chi connectivity index (χ0n) is 16.7. The fourth-order valence-corrected chi connectivity index (χ4v) is 4.33. The van der Waals surface area contributed by atoms with Crippen LogP contribution in [0, 0.1) is 0 Å². The van der Waals surface area contributed by atoms with Crippen LogP contribution in [0.2, 0.25) is 0 Å². The maximum absolute atomic E-state index is 12.9. The Morgan fingerprint density at radius 3 is 2.72 bits per heavy atom. The van der Waals surface area contributed by atoms with Gasteiger partial charge in [-0.15, -0.1) is 10.2 Å². The molecule has 8 heteroatoms. The quantitative estimate of drug-likeness (QED) is 0.627. The molecule has 1 aliphatic rings. The summed E-state index contributed by atoms with van der Waals surface area (Å²) < 4.78 is 7.49. The lowest BCUT2D eigenvalue weighted by Gasteiger charge is -2.27. The minimum Gasteiger partial charge on any atom is -0.378 e. The van der Waals surface area contributed by atoms with Crippen LogP contribution in [0.4, 0.5) is 11.6 Å². The predicted octanol–water partition coefficient (Wildman–Crippen LogP) is 3.41. The lowest BCUT2D eigenvalue weighted by Crippen LogP contribution is -2.38. The normalized spacial score (nSPS) is 15.4. The second kappa shape index (κ2) is 8.84. The van der Waals surface area contributed by atoms with Crippen LogP contribution in [0.5, 0.6) is 0 Å². The van der Waals surface area contributed by atoms with Crippen molar-refractivity contribution in [2.75, 3.05) is 36.5 Å². The van der Waals surface area contributed by atoms with Gasteiger partial charge in [0.15, 0.2) is 5.16 Å². The Morgan fingerprint density at radius 2 is 1.93 bits per heavy atom. The molecule has 1 atom stereocenters. The highest BCUT2D eigenvalue weighted by atomic mass is 32.2. The van der Waals surface area contributed by atoms with Crippen LogP contribution >= 0.6 is 11.8 Å². The number of nitrogens with zero attached hydrogens (tertiary/aromatic N) is 4. The van der Waals surface area contributed by atoms with E-state index in [4.69, 9.17) is 4.74 Å². The van der Waals surface area contributed by atoms with E-state index in [1.807, 2.05) is 49.4 Å². The largest absolute Gasteiger partial charge is 0.378 e. The molecule has 1 aliphatic heterocycles. The fraction of sp³-hybridized carbons (Fsp3) is 0.381. The molecular formula is C21H25N5O2S. The van der Waals surface area contributed by atoms with E-state index in [9.17, 15) is 4.79 Å². The van der Waals surface area contributed by atoms with Crippen LogP contribution in [0.25, 0.3) is 10.8 Å². The van der Waals surface area contributed by atoms with Gasteiger partial charge in [0.05, 0.1) is 18.5 Å². The Labute approximate surface area is 174 Å². The highest BCUT2D eigenvalue weighted by Gasteiger charge is 2.23. The number of thioether (sulfide) groups is 1. The fourth-order valence-electron chi connectivity index (χ4n) is 3.42. The monoisotopic (exact) mass is 411 g/mol. The third kappa shape index (κ3) is 4.23. The third-order valence-electron chi connectivity index (χ3n) is 5.01. The van der Waals surface area contributed by atoms with Gasteiger partial charge in [0.25, 0.3) is 0 Å². The molecule has 0 unspecified atom stereocenters. The lowest BCUT2D eigenvalue weighted by atomic mass is 10.1. The van der Waals surface area contributed by atoms with Crippen molar-refractivity contribution in [1.29, 1.82) is 0 Å². The first-order valence-corrected chi connectivity index (χ1v) is 10.8. The van der Waals surface area contributed by atoms with Gasteiger partial charge < -0.3 is 15.0 Å². The summed E-state index contributed by atoms with van der Waals surface area (Å²) in [4.78, 5) is 15.0. The first-order chi connectivity index (χ1) is 14.2. The molecule has 2 heterocycles. The molecular weight excluding hydrogens is 386 g/mol. The molecule has 29 heavy (non-hydrogen) atoms. The van der Waals surface area contributed by atoms with Crippen molar-refractivity contribution in [2.45, 2.75) is 30.8 Å². The molecule has 4 rings (SSSR count). The predicted molar refractivity (Wildman–Crippen MR) is 117 cm³/mol. The van der Waals surface area contributed by atoms with Crippen molar-refractivity contribution in [3.05, 3.63) is 42.5 Å². The van der Waals surface area contributed by atoms with E-state index in [1.165, 1.54) is 11.8 Å². The minimum atomic E-state index is -0.305. The Balaban J connectivity index is 1.48. The molecule has 0 spiro atoms. The van der Waals surface area contributed by atoms with Gasteiger partial charge in [-0.1, -0.05) is 48.2 Å². The van der Waals surface area contributed by atoms with E-state index in [1.54, 1.807) is 0 Å². The van der Waals surface area contributed by atoms with E-state index in [0.717, 1.165) is 47.2 Å². The molecule has 1 saturated heterocycles. The number of amides is 1. The molecule has 0 radical (unpaired) electrons. The number of aromatic nitrogens is 3. The summed E-state index contributed by atoms with van der Waals surface area (Å²) in [5.41, 5.74) is 0.825. The van der Waals surface area contributed by atoms with Crippen molar-refractivity contribution >= 4 is 40.1 Å². The van der Waals surface area contributed by atoms with E-state index in [2.05, 4.69) is 31.9 Å². The number of ether oxygens (including phenoxy) is 1. The molecule has 152 valence electrons. The number of hydrogen-bond acceptors (Lipinski definition) is 6. The minimum absolute atomic E-state index is 0.0510. The number of carbonyl (C=O) groups is 1. The topological polar surface area (TPSA) is 72.3 Å². The van der Waals surface area contributed by atoms with Crippen molar-refractivity contribution in [1.82, 2.24) is 14.8 Å². The van der Waals surface area contributed by atoms with Crippen LogP contribution in [0.1, 0.15) is 13.8 Å². The molecule has 1 fully saturated rings. The lowest BCUT2D eigenvalue weighted by molar-refractivity contribution is -0.115. The van der Waals surface area contributed by atoms with Crippen molar-refractivity contribution < 1.29 is 9.53 Å². The highest BCUT2D eigenvalue weighted by molar-refractivity contribution is 8.00. The first-order valence-electron chi connectivity index (χ1n) is 9.88. The average Bonchev–Trinajstić information content (AvgIpc) is 3.17. The molecule has 1 N–H and O–H groups in total. The zero-order chi connectivity index (χ0) is 20.2. The summed E-state index contributed by atoms with van der Waals surface area (Å²) in [7, 11) is 0. The number of hydrogen-bond donors (Lipinski definition) is 1. The summed E-state index contributed by atoms with van der Waals surface area (Å²) >= 11 is 1.43. The molecule has 2 aromatic carbocycles. The number of carbonyl (C=O) groups excluding carboxylic acids is 1. The Morgan fingerprint density at radius 1 is 1.17 bits per heavy atom. The SMILES string of the molecule is CCn1c(S[C@H](C)C(=O)Nc2cccc3ccccc23)nnc1N1CCOCC1. The van der Waals surface area contributed by atoms with Gasteiger partial charge in [0.2, 0.25) is 11.9 Å². The molecule has 1 aromatic heterocycles. The molecule has 0 aliphatic carbocycles. The number of morpholine rings is 1. The van der Waals surface area contributed by atoms with Gasteiger partial charge in [0.1, 0.15) is 0 Å². The standard InChI is InChI=1S/C21H25N5O2S/c1-3-26-20(25-11-13-28-14-12-25)23-24-21(26)29-15(2)19(27)22-18-10-6-8-16-7-4-5-9-17(16)18/h4-10,15H,3,11-14H2,1-2H3,(H,22,27)/t15-/m1/s1. The molecule has 0 bridgehead atoms. The van der Waals surface area contributed by atoms with Crippen molar-refractivity contribution in [2.24, 2.45) is 0 Å². The van der Waals surface area contributed by atoms with Gasteiger partial charge in [-0.3, -0.25) is 9.36 Å². The summed E-state index contributed by atoms with van der Waals surface area (Å²) in [6.07, 6.45) is 0. The second-order valence-corrected chi connectivity index (χ2v) is 8.21. The van der Waals surface area contributed by atoms with Gasteiger partial charge in [-0.05, 0) is 25.3 Å². The van der Waals surface area contributed by atoms with E-state index in [0.29, 0.717) is 13.2 Å². The Hall–Kier alpha value is -2.58. The zero-order valence-corrected chi connectivity index (χ0v) is 17.5. The summed E-state index contributed by atoms with van der Waals surface area (Å²) in [6.45, 7) is 7.72. The number of fused-ring (bicyclic) bond motifs is 1. The maximum atomic E-state index is 12.9. The molecule has 1 amide bonds. The summed E-state index contributed by atoms with van der Waals surface area (Å²) in [5.74, 6) is 0.796. The van der Waals surface area contributed by atoms with Gasteiger partial charge >= 0.3 is 0 Å². The van der Waals surface area contributed by atoms with Crippen LogP contribution in [-0.4, -0.2) is 52.2 Å². The number of rotatable bonds is 6. The maximum Gasteiger partial charge on any atom is 0.237 e. The van der Waals surface area contributed by atoms with Crippen molar-refractivity contribution in [3.63, 3.8) is 0 Å². The highest BCUT2D eigenvalue weighted by Crippen LogP contribution is 2.28. The van der Waals surface area contributed by atoms with Gasteiger partial charge in [0, 0.05) is 30.7 Å². The van der Waals surface area contributed by atoms with Crippen LogP contribution in [0.3, 0.4) is 0 Å². The van der Waals surface area contributed by atoms with Crippen LogP contribution in [0.15, 0.2) is 47.6 Å². The Kier molecular flexibility index (Phi) is 6.01. The first kappa shape index (κ1) is 19.7. The average molecular weight is 412 g/mol. The van der Waals surface area contributed by atoms with Crippen LogP contribution in [-0.2, 0) is 16.1 Å². The van der Waals surface area contributed by atoms with Gasteiger partial charge in [-0.25, -0.2) is 0 Å². The number of benzene rings is 2. The van der Waals surface area contributed by atoms with E-state index < -0.39 is 0 Å². The second-order valence-electron chi connectivity index (χ2n) is 6.90. The van der Waals surface area contributed by atoms with E-state index in [-0.39, 0.29) is 11.2 Å². The molecule has 3 aromatic rings. The number of nitrogens with one attached hydrogen (secondary N) is 1. The smallest absolute Gasteiger partial charge is 0.237 e. The summed E-state index contributed by atoms with van der Waals surface area (Å²) in [6, 6.07) is 14.0. The van der Waals surface area contributed by atoms with Crippen molar-refractivity contribution in [3.8, 4) is 0 Å². The van der Waals surface area contributed by atoms with E-state index >= 15 is 0 Å². The number of anilines is 2. The molecule has 7 nitrogen and oxygen atoms in total.